The number of alkyl halides is 6. The van der Waals surface area contributed by atoms with Crippen molar-refractivity contribution >= 4 is 5.97 Å². The van der Waals surface area contributed by atoms with Crippen LogP contribution in [0.1, 0.15) is 6.92 Å². The number of rotatable bonds is 0. The summed E-state index contributed by atoms with van der Waals surface area (Å²) in [5.41, 5.74) is -4.55. The first-order valence-corrected chi connectivity index (χ1v) is 4.04. The van der Waals surface area contributed by atoms with Crippen molar-refractivity contribution in [1.29, 1.82) is 0 Å². The summed E-state index contributed by atoms with van der Waals surface area (Å²) in [6, 6.07) is -1.61. The monoisotopic (exact) mass is 251 g/mol. The molecule has 1 rings (SSSR count). The number of carbonyl (C=O) groups is 1. The fourth-order valence-corrected chi connectivity index (χ4v) is 1.41. The average molecular weight is 251 g/mol. The number of hydrogen-bond acceptors (Lipinski definition) is 3. The van der Waals surface area contributed by atoms with E-state index in [0.717, 1.165) is 6.92 Å². The van der Waals surface area contributed by atoms with Gasteiger partial charge in [0.1, 0.15) is 6.04 Å². The van der Waals surface area contributed by atoms with Gasteiger partial charge in [-0.25, -0.2) is 4.90 Å². The van der Waals surface area contributed by atoms with Gasteiger partial charge in [0, 0.05) is 0 Å². The van der Waals surface area contributed by atoms with Crippen LogP contribution in [0, 0.1) is 0 Å². The van der Waals surface area contributed by atoms with E-state index < -0.39 is 30.1 Å². The summed E-state index contributed by atoms with van der Waals surface area (Å²) in [5, 5.41) is 0. The molecule has 0 aromatic heterocycles. The molecule has 0 spiro atoms. The molecule has 1 fully saturated rings. The zero-order valence-electron chi connectivity index (χ0n) is 8.11. The van der Waals surface area contributed by atoms with E-state index in [1.54, 1.807) is 0 Å². The molecule has 0 aromatic rings. The number of halogens is 6. The minimum absolute atomic E-state index is 0.171. The van der Waals surface area contributed by atoms with Crippen LogP contribution in [0.4, 0.5) is 26.3 Å². The van der Waals surface area contributed by atoms with Gasteiger partial charge in [0.2, 0.25) is 0 Å². The number of nitrogens with zero attached hydrogens (tertiary/aromatic N) is 1. The highest BCUT2D eigenvalue weighted by atomic mass is 19.4. The minimum atomic E-state index is -5.75. The molecular weight excluding hydrogens is 244 g/mol. The SMILES string of the molecule is CC1C(=O)OC(C(F)(F)F)(C(F)(F)F)N1C. The Morgan fingerprint density at radius 3 is 1.69 bits per heavy atom. The molecule has 1 unspecified atom stereocenters. The van der Waals surface area contributed by atoms with E-state index in [9.17, 15) is 31.1 Å². The van der Waals surface area contributed by atoms with E-state index >= 15 is 0 Å². The Morgan fingerprint density at radius 2 is 1.56 bits per heavy atom. The fraction of sp³-hybridized carbons (Fsp3) is 0.857. The van der Waals surface area contributed by atoms with Crippen molar-refractivity contribution in [2.24, 2.45) is 0 Å². The molecule has 0 N–H and O–H groups in total. The van der Waals surface area contributed by atoms with Gasteiger partial charge in [0.25, 0.3) is 0 Å². The van der Waals surface area contributed by atoms with Crippen molar-refractivity contribution in [3.63, 3.8) is 0 Å². The molecular formula is C7H7F6NO2. The van der Waals surface area contributed by atoms with E-state index in [2.05, 4.69) is 4.74 Å². The van der Waals surface area contributed by atoms with Gasteiger partial charge in [-0.15, -0.1) is 0 Å². The summed E-state index contributed by atoms with van der Waals surface area (Å²) >= 11 is 0. The molecule has 94 valence electrons. The standard InChI is InChI=1S/C7H7F6NO2/c1-3-4(15)16-5(14(3)2,6(8,9)10)7(11,12)13/h3H,1-2H3. The number of hydrogen-bond donors (Lipinski definition) is 0. The molecule has 1 atom stereocenters. The van der Waals surface area contributed by atoms with Crippen LogP contribution in [-0.4, -0.2) is 42.0 Å². The number of esters is 1. The van der Waals surface area contributed by atoms with Crippen molar-refractivity contribution in [1.82, 2.24) is 4.90 Å². The highest BCUT2D eigenvalue weighted by Crippen LogP contribution is 2.51. The quantitative estimate of drug-likeness (QED) is 0.484. The molecule has 0 bridgehead atoms. The highest BCUT2D eigenvalue weighted by molar-refractivity contribution is 5.78. The maximum absolute atomic E-state index is 12.5. The van der Waals surface area contributed by atoms with Crippen LogP contribution < -0.4 is 0 Å². The minimum Gasteiger partial charge on any atom is -0.423 e. The molecule has 1 saturated heterocycles. The number of cyclic esters (lactones) is 1. The molecule has 3 nitrogen and oxygen atoms in total. The number of carbonyl (C=O) groups excluding carboxylic acids is 1. The summed E-state index contributed by atoms with van der Waals surface area (Å²) in [6.07, 6.45) is -11.5. The second-order valence-electron chi connectivity index (χ2n) is 3.35. The Labute approximate surface area is 86.0 Å². The lowest BCUT2D eigenvalue weighted by Crippen LogP contribution is -2.65. The van der Waals surface area contributed by atoms with E-state index in [0.29, 0.717) is 7.05 Å². The first-order chi connectivity index (χ1) is 6.95. The van der Waals surface area contributed by atoms with Crippen molar-refractivity contribution in [3.8, 4) is 0 Å². The van der Waals surface area contributed by atoms with E-state index in [4.69, 9.17) is 0 Å². The van der Waals surface area contributed by atoms with Crippen LogP contribution in [0.15, 0.2) is 0 Å². The van der Waals surface area contributed by atoms with Crippen LogP contribution in [-0.2, 0) is 9.53 Å². The zero-order chi connectivity index (χ0) is 12.9. The highest BCUT2D eigenvalue weighted by Gasteiger charge is 2.80. The molecule has 0 aromatic carbocycles. The van der Waals surface area contributed by atoms with Crippen molar-refractivity contribution in [2.45, 2.75) is 31.0 Å². The lowest BCUT2D eigenvalue weighted by Gasteiger charge is -2.36. The first-order valence-electron chi connectivity index (χ1n) is 4.04. The smallest absolute Gasteiger partial charge is 0.423 e. The van der Waals surface area contributed by atoms with E-state index in [1.807, 2.05) is 0 Å². The number of likely N-dealkylation sites (N-methyl/N-ethyl adjacent to an activating group) is 1. The third kappa shape index (κ3) is 1.45. The Hall–Kier alpha value is -0.990. The summed E-state index contributed by atoms with van der Waals surface area (Å²) in [6.45, 7) is 0.904. The van der Waals surface area contributed by atoms with Gasteiger partial charge in [-0.05, 0) is 14.0 Å². The van der Waals surface area contributed by atoms with Crippen molar-refractivity contribution in [2.75, 3.05) is 7.05 Å². The Morgan fingerprint density at radius 1 is 1.19 bits per heavy atom. The third-order valence-electron chi connectivity index (χ3n) is 2.44. The summed E-state index contributed by atoms with van der Waals surface area (Å²) in [7, 11) is 0.538. The maximum Gasteiger partial charge on any atom is 0.453 e. The van der Waals surface area contributed by atoms with Gasteiger partial charge in [0.05, 0.1) is 0 Å². The lowest BCUT2D eigenvalue weighted by atomic mass is 10.1. The van der Waals surface area contributed by atoms with E-state index in [1.165, 1.54) is 0 Å². The zero-order valence-corrected chi connectivity index (χ0v) is 8.11. The van der Waals surface area contributed by atoms with Crippen LogP contribution in [0.3, 0.4) is 0 Å². The van der Waals surface area contributed by atoms with Crippen LogP contribution in [0.25, 0.3) is 0 Å². The summed E-state index contributed by atoms with van der Waals surface area (Å²) < 4.78 is 78.4. The second-order valence-corrected chi connectivity index (χ2v) is 3.35. The molecule has 0 radical (unpaired) electrons. The van der Waals surface area contributed by atoms with Crippen LogP contribution >= 0.6 is 0 Å². The predicted octanol–water partition coefficient (Wildman–Crippen LogP) is 1.68. The molecule has 1 heterocycles. The first kappa shape index (κ1) is 13.1. The van der Waals surface area contributed by atoms with Crippen molar-refractivity contribution < 1.29 is 35.9 Å². The van der Waals surface area contributed by atoms with Crippen LogP contribution in [0.5, 0.6) is 0 Å². The van der Waals surface area contributed by atoms with Gasteiger partial charge >= 0.3 is 24.0 Å². The van der Waals surface area contributed by atoms with Gasteiger partial charge in [-0.1, -0.05) is 0 Å². The van der Waals surface area contributed by atoms with Crippen molar-refractivity contribution in [3.05, 3.63) is 0 Å². The van der Waals surface area contributed by atoms with Gasteiger partial charge in [0.15, 0.2) is 0 Å². The van der Waals surface area contributed by atoms with Crippen LogP contribution in [0.2, 0.25) is 0 Å². The Balaban J connectivity index is 3.35. The summed E-state index contributed by atoms with van der Waals surface area (Å²) in [5.74, 6) is -1.56. The van der Waals surface area contributed by atoms with E-state index in [-0.39, 0.29) is 4.90 Å². The fourth-order valence-electron chi connectivity index (χ4n) is 1.41. The second kappa shape index (κ2) is 3.25. The molecule has 16 heavy (non-hydrogen) atoms. The van der Waals surface area contributed by atoms with Gasteiger partial charge in [-0.3, -0.25) is 4.79 Å². The molecule has 0 saturated carbocycles. The van der Waals surface area contributed by atoms with Gasteiger partial charge in [-0.2, -0.15) is 26.3 Å². The third-order valence-corrected chi connectivity index (χ3v) is 2.44. The van der Waals surface area contributed by atoms with Gasteiger partial charge < -0.3 is 4.74 Å². The average Bonchev–Trinajstić information content (AvgIpc) is 2.27. The summed E-state index contributed by atoms with van der Waals surface area (Å²) in [4.78, 5) is 10.7. The molecule has 1 aliphatic rings. The molecule has 0 aliphatic carbocycles. The Kier molecular flexibility index (Phi) is 2.66. The topological polar surface area (TPSA) is 29.5 Å². The maximum atomic E-state index is 12.5. The normalized spacial score (nSPS) is 27.0. The molecule has 1 aliphatic heterocycles. The lowest BCUT2D eigenvalue weighted by molar-refractivity contribution is -0.398. The Bertz CT molecular complexity index is 295. The molecule has 9 heteroatoms. The number of ether oxygens (including phenoxy) is 1. The predicted molar refractivity (Wildman–Crippen MR) is 38.2 cm³/mol. The largest absolute Gasteiger partial charge is 0.453 e. The molecule has 0 amide bonds.